The molecule has 0 aliphatic rings. The average Bonchev–Trinajstić information content (AvgIpc) is 3.18. The van der Waals surface area contributed by atoms with E-state index in [1.54, 1.807) is 24.3 Å². The van der Waals surface area contributed by atoms with Crippen LogP contribution in [0.15, 0.2) is 24.3 Å². The molecule has 0 atom stereocenters. The van der Waals surface area contributed by atoms with Crippen LogP contribution in [0.25, 0.3) is 42.2 Å². The molecule has 0 bridgehead atoms. The topological polar surface area (TPSA) is 277 Å². The van der Waals surface area contributed by atoms with Gasteiger partial charge in [0.1, 0.15) is 36.2 Å². The molecule has 300 valence electrons. The van der Waals surface area contributed by atoms with E-state index in [2.05, 4.69) is 27.7 Å². The monoisotopic (exact) mass is 832 g/mol. The van der Waals surface area contributed by atoms with E-state index in [4.69, 9.17) is 54.3 Å². The second kappa shape index (κ2) is 25.0. The smallest absolute Gasteiger partial charge is 0.397 e. The first-order chi connectivity index (χ1) is 27.6. The molecule has 0 amide bonds. The normalized spacial score (nSPS) is 12.5. The summed E-state index contributed by atoms with van der Waals surface area (Å²) in [6, 6.07) is 12.2. The maximum Gasteiger partial charge on any atom is 0.397 e. The minimum Gasteiger partial charge on any atom is -0.494 e. The Morgan fingerprint density at radius 1 is 0.517 bits per heavy atom. The first-order valence-corrected chi connectivity index (χ1v) is 19.1. The van der Waals surface area contributed by atoms with Crippen molar-refractivity contribution in [3.05, 3.63) is 90.8 Å². The van der Waals surface area contributed by atoms with E-state index < -0.39 is 27.4 Å². The number of unbranched alkanes of at least 4 members (excludes halogenated alkanes) is 1. The van der Waals surface area contributed by atoms with Crippen molar-refractivity contribution >= 4 is 43.6 Å². The van der Waals surface area contributed by atoms with Gasteiger partial charge in [-0.05, 0) is 37.1 Å². The molecular formula is C36H32N8O12S2. The van der Waals surface area contributed by atoms with Crippen LogP contribution in [0.5, 0.6) is 23.0 Å². The van der Waals surface area contributed by atoms with Gasteiger partial charge in [-0.25, -0.2) is 48.8 Å². The molecule has 2 rings (SSSR count). The van der Waals surface area contributed by atoms with Crippen LogP contribution in [-0.4, -0.2) is 65.6 Å². The molecule has 0 aliphatic carbocycles. The van der Waals surface area contributed by atoms with Crippen molar-refractivity contribution in [2.45, 2.75) is 39.5 Å². The first kappa shape index (κ1) is 48.8. The van der Waals surface area contributed by atoms with Gasteiger partial charge in [-0.2, -0.15) is 16.8 Å². The molecule has 0 aromatic heterocycles. The Bertz CT molecular complexity index is 2600. The Morgan fingerprint density at radius 2 is 0.828 bits per heavy atom. The zero-order valence-corrected chi connectivity index (χ0v) is 32.4. The third-order valence-electron chi connectivity index (χ3n) is 6.62. The average molecular weight is 833 g/mol. The lowest BCUT2D eigenvalue weighted by Gasteiger charge is -2.12. The van der Waals surface area contributed by atoms with Gasteiger partial charge in [-0.15, -0.1) is 0 Å². The second-order valence-electron chi connectivity index (χ2n) is 10.6. The molecule has 0 spiro atoms. The second-order valence-corrected chi connectivity index (χ2v) is 12.8. The third kappa shape index (κ3) is 16.3. The van der Waals surface area contributed by atoms with Gasteiger partial charge in [-0.3, -0.25) is 9.11 Å². The van der Waals surface area contributed by atoms with Crippen LogP contribution in [0, 0.1) is 71.6 Å². The van der Waals surface area contributed by atoms with Gasteiger partial charge < -0.3 is 18.9 Å². The van der Waals surface area contributed by atoms with Crippen LogP contribution in [0.1, 0.15) is 39.5 Å². The molecular weight excluding hydrogens is 801 g/mol. The highest BCUT2D eigenvalue weighted by atomic mass is 32.3. The Balaban J connectivity index is 0.000000581. The molecule has 2 aromatic carbocycles. The van der Waals surface area contributed by atoms with Crippen molar-refractivity contribution in [1.29, 1.82) is 21.0 Å². The minimum atomic E-state index is -4.65. The van der Waals surface area contributed by atoms with Gasteiger partial charge in [0.2, 0.25) is 0 Å². The number of hydrogen-bond donors (Lipinski definition) is 2. The van der Waals surface area contributed by atoms with Crippen molar-refractivity contribution < 1.29 is 53.3 Å². The molecule has 20 nitrogen and oxygen atoms in total. The summed E-state index contributed by atoms with van der Waals surface area (Å²) in [4.78, 5) is 12.6. The predicted octanol–water partition coefficient (Wildman–Crippen LogP) is 2.33. The molecule has 0 radical (unpaired) electrons. The number of nitriles is 4. The van der Waals surface area contributed by atoms with Crippen molar-refractivity contribution in [3.8, 4) is 47.3 Å². The van der Waals surface area contributed by atoms with Crippen LogP contribution in [0.4, 0.5) is 0 Å². The first-order valence-electron chi connectivity index (χ1n) is 16.3. The lowest BCUT2D eigenvalue weighted by molar-refractivity contribution is 0.200. The van der Waals surface area contributed by atoms with Crippen LogP contribution in [-0.2, 0) is 29.2 Å². The Labute approximate surface area is 334 Å². The predicted molar refractivity (Wildman–Crippen MR) is 201 cm³/mol. The van der Waals surface area contributed by atoms with Crippen LogP contribution in [0.2, 0.25) is 0 Å². The van der Waals surface area contributed by atoms with Gasteiger partial charge in [-0.1, -0.05) is 20.3 Å². The highest BCUT2D eigenvalue weighted by molar-refractivity contribution is 7.81. The number of ether oxygens (including phenoxy) is 4. The fraction of sp³-hybridized carbons (Fsp3) is 0.333. The summed E-state index contributed by atoms with van der Waals surface area (Å²) in [5, 5.41) is 37.3. The third-order valence-corrected chi connectivity index (χ3v) is 7.55. The summed E-state index contributed by atoms with van der Waals surface area (Å²) in [5.41, 5.74) is -1.17. The van der Waals surface area contributed by atoms with E-state index in [-0.39, 0.29) is 99.5 Å². The molecule has 0 aliphatic heterocycles. The molecule has 0 saturated heterocycles. The lowest BCUT2D eigenvalue weighted by Crippen LogP contribution is -2.21. The van der Waals surface area contributed by atoms with Crippen molar-refractivity contribution in [2.75, 3.05) is 39.6 Å². The molecule has 58 heavy (non-hydrogen) atoms. The summed E-state index contributed by atoms with van der Waals surface area (Å²) < 4.78 is 89.8. The Morgan fingerprint density at radius 3 is 1.12 bits per heavy atom. The van der Waals surface area contributed by atoms with E-state index in [0.29, 0.717) is 13.0 Å². The molecule has 0 fully saturated rings. The maximum absolute atomic E-state index is 10.6. The fourth-order valence-electron chi connectivity index (χ4n) is 4.15. The van der Waals surface area contributed by atoms with E-state index >= 15 is 0 Å². The Hall–Kier alpha value is -7.22. The Kier molecular flexibility index (Phi) is 21.1. The SMILES string of the molecule is [C-]#[N+]/C(C#N)=c1/cc(OCCCOS(=O)(=O)O)/c(=C(\C#N)[N+]#[C-])cc1OCCCC.[C-]#[N+]/C(C#N)=c1/cc(OCCOS(=O)(=O)O)/c(=C(\C#N)[N+]#[C-])cc1OCCC. The van der Waals surface area contributed by atoms with E-state index in [1.807, 2.05) is 13.8 Å². The summed E-state index contributed by atoms with van der Waals surface area (Å²) in [6.45, 7) is 31.7. The molecule has 2 aromatic rings. The number of nitrogens with zero attached hydrogens (tertiary/aromatic N) is 8. The van der Waals surface area contributed by atoms with E-state index in [9.17, 15) is 37.9 Å². The van der Waals surface area contributed by atoms with Gasteiger partial charge in [0.25, 0.3) is 22.8 Å². The maximum atomic E-state index is 10.6. The highest BCUT2D eigenvalue weighted by Crippen LogP contribution is 2.15. The fourth-order valence-corrected chi connectivity index (χ4v) is 4.76. The summed E-state index contributed by atoms with van der Waals surface area (Å²) in [7, 11) is -9.23. The number of hydrogen-bond acceptors (Lipinski definition) is 14. The molecule has 0 heterocycles. The van der Waals surface area contributed by atoms with Crippen molar-refractivity contribution in [1.82, 2.24) is 0 Å². The van der Waals surface area contributed by atoms with E-state index in [0.717, 1.165) is 12.8 Å². The highest BCUT2D eigenvalue weighted by Gasteiger charge is 2.14. The molecule has 0 saturated carbocycles. The van der Waals surface area contributed by atoms with Gasteiger partial charge in [0.05, 0.1) is 77.0 Å². The largest absolute Gasteiger partial charge is 0.494 e. The minimum absolute atomic E-state index is 0.0430. The molecule has 0 unspecified atom stereocenters. The van der Waals surface area contributed by atoms with Gasteiger partial charge in [0, 0.05) is 27.3 Å². The lowest BCUT2D eigenvalue weighted by atomic mass is 10.1. The van der Waals surface area contributed by atoms with Crippen molar-refractivity contribution in [3.63, 3.8) is 0 Å². The quantitative estimate of drug-likeness (QED) is 0.124. The van der Waals surface area contributed by atoms with Crippen LogP contribution < -0.4 is 39.8 Å². The zero-order valence-electron chi connectivity index (χ0n) is 30.8. The molecule has 22 heteroatoms. The van der Waals surface area contributed by atoms with Gasteiger partial charge in [0.15, 0.2) is 0 Å². The van der Waals surface area contributed by atoms with Gasteiger partial charge >= 0.3 is 20.8 Å². The standard InChI is InChI=1S/C19H18N4O6S.C17H14N4O6S/c1-4-5-7-27-18-10-15(17(13-21)23-3)19(11-14(18)16(12-20)22-2)28-8-6-9-29-30(24,25)26;1-4-5-25-16-8-13(15(11-19)21-3)17(9-12(16)14(10-18)20-2)26-6-7-27-28(22,23)24/h10-11H,4-9H2,1H3,(H,24,25,26);8-9H,4-7H2,1H3,(H,22,23,24)/b16-14-,17-15+;14-12-,15-13+. The van der Waals surface area contributed by atoms with Crippen LogP contribution in [0.3, 0.4) is 0 Å². The molecule has 2 N–H and O–H groups in total. The summed E-state index contributed by atoms with van der Waals surface area (Å²) in [6.07, 6.45) is 2.26. The number of rotatable bonds is 18. The van der Waals surface area contributed by atoms with E-state index in [1.165, 1.54) is 24.3 Å². The summed E-state index contributed by atoms with van der Waals surface area (Å²) in [5.74, 6) is 0.289. The van der Waals surface area contributed by atoms with Crippen LogP contribution >= 0.6 is 0 Å². The number of benzene rings is 2. The zero-order chi connectivity index (χ0) is 43.7. The summed E-state index contributed by atoms with van der Waals surface area (Å²) >= 11 is 0. The van der Waals surface area contributed by atoms with Crippen molar-refractivity contribution in [2.24, 2.45) is 0 Å².